The number of hydrogen-bond donors (Lipinski definition) is 2. The van der Waals surface area contributed by atoms with Gasteiger partial charge in [-0.2, -0.15) is 0 Å². The minimum Gasteiger partial charge on any atom is -0.333 e. The normalized spacial score (nSPS) is 17.6. The molecule has 1 aliphatic heterocycles. The van der Waals surface area contributed by atoms with E-state index in [0.29, 0.717) is 12.6 Å². The first-order valence-electron chi connectivity index (χ1n) is 9.14. The van der Waals surface area contributed by atoms with Crippen LogP contribution in [-0.2, 0) is 11.2 Å². The Bertz CT molecular complexity index is 714. The molecule has 0 saturated carbocycles. The molecule has 2 aromatic rings. The van der Waals surface area contributed by atoms with E-state index in [1.54, 1.807) is 0 Å². The number of benzene rings is 2. The van der Waals surface area contributed by atoms with Gasteiger partial charge in [0.15, 0.2) is 12.6 Å². The van der Waals surface area contributed by atoms with E-state index >= 15 is 0 Å². The monoisotopic (exact) mass is 339 g/mol. The summed E-state index contributed by atoms with van der Waals surface area (Å²) in [7, 11) is 4.35. The number of nitrogens with zero attached hydrogens (tertiary/aromatic N) is 1. The van der Waals surface area contributed by atoms with Gasteiger partial charge in [0.1, 0.15) is 6.54 Å². The van der Waals surface area contributed by atoms with Crippen molar-refractivity contribution in [1.82, 2.24) is 0 Å². The van der Waals surface area contributed by atoms with Gasteiger partial charge >= 0.3 is 0 Å². The lowest BCUT2D eigenvalue weighted by atomic mass is 10.1. The lowest BCUT2D eigenvalue weighted by molar-refractivity contribution is -0.908. The molecule has 3 N–H and O–H groups in total. The fraction of sp³-hybridized carbons (Fsp3) is 0.381. The van der Waals surface area contributed by atoms with Crippen molar-refractivity contribution in [2.45, 2.75) is 25.4 Å². The maximum atomic E-state index is 12.8. The van der Waals surface area contributed by atoms with Crippen molar-refractivity contribution in [2.24, 2.45) is 0 Å². The molecule has 25 heavy (non-hydrogen) atoms. The average Bonchev–Trinajstić information content (AvgIpc) is 2.94. The summed E-state index contributed by atoms with van der Waals surface area (Å²) in [6.45, 7) is 3.53. The number of nitrogens with one attached hydrogen (secondary N) is 1. The zero-order valence-corrected chi connectivity index (χ0v) is 15.4. The predicted octanol–water partition coefficient (Wildman–Crippen LogP) is 0.413. The molecule has 0 saturated heterocycles. The largest absolute Gasteiger partial charge is 0.333 e. The number of likely N-dealkylation sites (N-methyl/N-ethyl adjacent to an activating group) is 1. The van der Waals surface area contributed by atoms with Gasteiger partial charge in [-0.1, -0.05) is 48.5 Å². The van der Waals surface area contributed by atoms with Crippen molar-refractivity contribution in [2.75, 3.05) is 32.1 Å². The van der Waals surface area contributed by atoms with Crippen molar-refractivity contribution in [3.63, 3.8) is 0 Å². The summed E-state index contributed by atoms with van der Waals surface area (Å²) in [6.07, 6.45) is 0.955. The molecule has 1 aliphatic rings. The topological polar surface area (TPSA) is 41.4 Å². The van der Waals surface area contributed by atoms with Crippen molar-refractivity contribution in [3.8, 4) is 0 Å². The van der Waals surface area contributed by atoms with E-state index in [1.807, 2.05) is 17.0 Å². The lowest BCUT2D eigenvalue weighted by Crippen LogP contribution is -3.09. The molecule has 2 atom stereocenters. The second-order valence-corrected chi connectivity index (χ2v) is 7.21. The molecule has 0 aliphatic carbocycles. The zero-order valence-electron chi connectivity index (χ0n) is 15.4. The van der Waals surface area contributed by atoms with Crippen LogP contribution < -0.4 is 15.1 Å². The number of fused-ring (bicyclic) bond motifs is 1. The van der Waals surface area contributed by atoms with E-state index in [1.165, 1.54) is 16.0 Å². The number of carbonyl (C=O) groups excluding carboxylic acids is 1. The van der Waals surface area contributed by atoms with Gasteiger partial charge in [0.05, 0.1) is 14.1 Å². The number of rotatable bonds is 6. The summed E-state index contributed by atoms with van der Waals surface area (Å²) in [5.74, 6) is 0.206. The predicted molar refractivity (Wildman–Crippen MR) is 101 cm³/mol. The van der Waals surface area contributed by atoms with Gasteiger partial charge in [-0.15, -0.1) is 0 Å². The Morgan fingerprint density at radius 2 is 1.84 bits per heavy atom. The van der Waals surface area contributed by atoms with Crippen molar-refractivity contribution in [3.05, 3.63) is 65.7 Å². The third kappa shape index (κ3) is 3.91. The first-order valence-corrected chi connectivity index (χ1v) is 9.14. The van der Waals surface area contributed by atoms with Crippen molar-refractivity contribution >= 4 is 11.6 Å². The highest BCUT2D eigenvalue weighted by Crippen LogP contribution is 2.31. The number of nitrogens with two attached hydrogens (primary N) is 1. The van der Waals surface area contributed by atoms with Crippen LogP contribution in [-0.4, -0.2) is 39.1 Å². The van der Waals surface area contributed by atoms with Crippen LogP contribution in [0.4, 0.5) is 5.69 Å². The SMILES string of the molecule is C[C@@H]1Cc2ccccc2N1C(=O)C[NH2+]C[C@H](c1ccccc1)[NH+](C)C. The first kappa shape index (κ1) is 17.6. The van der Waals surface area contributed by atoms with E-state index in [0.717, 1.165) is 18.7 Å². The van der Waals surface area contributed by atoms with Crippen LogP contribution in [0.5, 0.6) is 0 Å². The van der Waals surface area contributed by atoms with Gasteiger partial charge in [-0.3, -0.25) is 4.79 Å². The molecule has 1 heterocycles. The molecular weight excluding hydrogens is 310 g/mol. The van der Waals surface area contributed by atoms with Gasteiger partial charge in [0.25, 0.3) is 5.91 Å². The van der Waals surface area contributed by atoms with E-state index in [4.69, 9.17) is 0 Å². The molecule has 4 nitrogen and oxygen atoms in total. The highest BCUT2D eigenvalue weighted by molar-refractivity contribution is 5.96. The van der Waals surface area contributed by atoms with Crippen LogP contribution in [0.25, 0.3) is 0 Å². The van der Waals surface area contributed by atoms with Crippen LogP contribution in [0.2, 0.25) is 0 Å². The Morgan fingerprint density at radius 1 is 1.16 bits per heavy atom. The quantitative estimate of drug-likeness (QED) is 0.787. The van der Waals surface area contributed by atoms with Crippen molar-refractivity contribution in [1.29, 1.82) is 0 Å². The summed E-state index contributed by atoms with van der Waals surface area (Å²) in [4.78, 5) is 16.2. The maximum absolute atomic E-state index is 12.8. The smallest absolute Gasteiger partial charge is 0.282 e. The lowest BCUT2D eigenvalue weighted by Gasteiger charge is -2.23. The molecule has 4 heteroatoms. The standard InChI is InChI=1S/C21H27N3O/c1-16-13-18-11-7-8-12-19(18)24(16)21(25)15-22-14-20(23(2)3)17-9-5-4-6-10-17/h4-12,16,20,22H,13-15H2,1-3H3/p+2/t16-,20-/m1/s1. The fourth-order valence-electron chi connectivity index (χ4n) is 3.81. The fourth-order valence-corrected chi connectivity index (χ4v) is 3.81. The van der Waals surface area contributed by atoms with Crippen LogP contribution in [0, 0.1) is 0 Å². The molecule has 0 fully saturated rings. The van der Waals surface area contributed by atoms with Gasteiger partial charge < -0.3 is 15.1 Å². The number of amides is 1. The Balaban J connectivity index is 1.61. The van der Waals surface area contributed by atoms with Crippen LogP contribution >= 0.6 is 0 Å². The third-order valence-corrected chi connectivity index (χ3v) is 5.10. The molecule has 0 bridgehead atoms. The molecule has 132 valence electrons. The Hall–Kier alpha value is -2.17. The second-order valence-electron chi connectivity index (χ2n) is 7.21. The molecule has 0 spiro atoms. The Kier molecular flexibility index (Phi) is 5.51. The molecule has 0 radical (unpaired) electrons. The Morgan fingerprint density at radius 3 is 2.56 bits per heavy atom. The van der Waals surface area contributed by atoms with E-state index in [2.05, 4.69) is 68.8 Å². The van der Waals surface area contributed by atoms with Crippen LogP contribution in [0.1, 0.15) is 24.1 Å². The van der Waals surface area contributed by atoms with Gasteiger partial charge in [0, 0.05) is 17.3 Å². The summed E-state index contributed by atoms with van der Waals surface area (Å²) in [6, 6.07) is 19.5. The van der Waals surface area contributed by atoms with E-state index in [-0.39, 0.29) is 11.9 Å². The zero-order chi connectivity index (χ0) is 17.8. The molecule has 3 rings (SSSR count). The number of carbonyl (C=O) groups is 1. The number of para-hydroxylation sites is 1. The minimum atomic E-state index is 0.206. The molecule has 1 amide bonds. The second kappa shape index (κ2) is 7.81. The summed E-state index contributed by atoms with van der Waals surface area (Å²) < 4.78 is 0. The van der Waals surface area contributed by atoms with Crippen LogP contribution in [0.3, 0.4) is 0 Å². The highest BCUT2D eigenvalue weighted by Gasteiger charge is 2.31. The average molecular weight is 339 g/mol. The van der Waals surface area contributed by atoms with Gasteiger partial charge in [-0.05, 0) is 25.0 Å². The van der Waals surface area contributed by atoms with Crippen molar-refractivity contribution < 1.29 is 15.0 Å². The maximum Gasteiger partial charge on any atom is 0.282 e. The third-order valence-electron chi connectivity index (χ3n) is 5.10. The highest BCUT2D eigenvalue weighted by atomic mass is 16.2. The van der Waals surface area contributed by atoms with E-state index in [9.17, 15) is 4.79 Å². The molecule has 0 unspecified atom stereocenters. The number of quaternary nitrogens is 2. The van der Waals surface area contributed by atoms with Gasteiger partial charge in [-0.25, -0.2) is 0 Å². The molecule has 0 aromatic heterocycles. The minimum absolute atomic E-state index is 0.206. The summed E-state index contributed by atoms with van der Waals surface area (Å²) >= 11 is 0. The summed E-state index contributed by atoms with van der Waals surface area (Å²) in [5, 5.41) is 2.15. The number of anilines is 1. The van der Waals surface area contributed by atoms with Crippen LogP contribution in [0.15, 0.2) is 54.6 Å². The molecule has 2 aromatic carbocycles. The van der Waals surface area contributed by atoms with Gasteiger partial charge in [0.2, 0.25) is 0 Å². The first-order chi connectivity index (χ1) is 12.1. The van der Waals surface area contributed by atoms with E-state index < -0.39 is 0 Å². The Labute approximate surface area is 150 Å². The molecular formula is C21H29N3O+2. The summed E-state index contributed by atoms with van der Waals surface area (Å²) in [5.41, 5.74) is 3.69. The number of hydrogen-bond acceptors (Lipinski definition) is 1.